The standard InChI is InChI=1S/C19H27NO3/c1-14(2)19(18(22)23)11-12-20(13-19)17(21)6-4-5-16-9-7-15(3)8-10-16/h7-10,14H,4-6,11-13H2,1-3H3,(H,22,23). The van der Waals surface area contributed by atoms with Gasteiger partial charge < -0.3 is 10.0 Å². The van der Waals surface area contributed by atoms with Crippen LogP contribution in [-0.4, -0.2) is 35.0 Å². The molecule has 1 amide bonds. The van der Waals surface area contributed by atoms with Gasteiger partial charge in [0.05, 0.1) is 5.41 Å². The number of likely N-dealkylation sites (tertiary alicyclic amines) is 1. The van der Waals surface area contributed by atoms with Gasteiger partial charge in [-0.25, -0.2) is 0 Å². The molecule has 1 saturated heterocycles. The number of hydrogen-bond acceptors (Lipinski definition) is 2. The van der Waals surface area contributed by atoms with E-state index >= 15 is 0 Å². The lowest BCUT2D eigenvalue weighted by Crippen LogP contribution is -2.40. The molecule has 0 aliphatic carbocycles. The molecule has 126 valence electrons. The van der Waals surface area contributed by atoms with Gasteiger partial charge in [-0.1, -0.05) is 43.7 Å². The van der Waals surface area contributed by atoms with Crippen LogP contribution in [0.5, 0.6) is 0 Å². The van der Waals surface area contributed by atoms with Gasteiger partial charge in [-0.3, -0.25) is 9.59 Å². The minimum absolute atomic E-state index is 0.0327. The molecule has 1 aromatic carbocycles. The van der Waals surface area contributed by atoms with Crippen LogP contribution in [0.4, 0.5) is 0 Å². The van der Waals surface area contributed by atoms with E-state index in [0.717, 1.165) is 12.8 Å². The molecule has 1 N–H and O–H groups in total. The third-order valence-electron chi connectivity index (χ3n) is 5.16. The molecule has 0 bridgehead atoms. The van der Waals surface area contributed by atoms with Crippen LogP contribution in [0, 0.1) is 18.3 Å². The van der Waals surface area contributed by atoms with Crippen molar-refractivity contribution < 1.29 is 14.7 Å². The topological polar surface area (TPSA) is 57.6 Å². The summed E-state index contributed by atoms with van der Waals surface area (Å²) >= 11 is 0. The number of rotatable bonds is 6. The molecule has 1 aliphatic rings. The Morgan fingerprint density at radius 3 is 2.43 bits per heavy atom. The third kappa shape index (κ3) is 3.92. The highest BCUT2D eigenvalue weighted by atomic mass is 16.4. The van der Waals surface area contributed by atoms with Crippen LogP contribution in [0.2, 0.25) is 0 Å². The molecule has 0 spiro atoms. The van der Waals surface area contributed by atoms with E-state index in [9.17, 15) is 14.7 Å². The summed E-state index contributed by atoms with van der Waals surface area (Å²) in [7, 11) is 0. The first-order valence-corrected chi connectivity index (χ1v) is 8.42. The van der Waals surface area contributed by atoms with E-state index in [-0.39, 0.29) is 11.8 Å². The molecule has 0 aromatic heterocycles. The van der Waals surface area contributed by atoms with Crippen LogP contribution in [0.1, 0.15) is 44.2 Å². The monoisotopic (exact) mass is 317 g/mol. The van der Waals surface area contributed by atoms with Gasteiger partial charge in [-0.05, 0) is 37.7 Å². The number of carbonyl (C=O) groups is 2. The normalized spacial score (nSPS) is 21.0. The van der Waals surface area contributed by atoms with Crippen molar-refractivity contribution in [3.8, 4) is 0 Å². The molecule has 1 aromatic rings. The van der Waals surface area contributed by atoms with E-state index in [0.29, 0.717) is 25.9 Å². The molecule has 0 radical (unpaired) electrons. The summed E-state index contributed by atoms with van der Waals surface area (Å²) in [6.07, 6.45) is 2.74. The molecule has 23 heavy (non-hydrogen) atoms. The van der Waals surface area contributed by atoms with Crippen molar-refractivity contribution in [2.24, 2.45) is 11.3 Å². The summed E-state index contributed by atoms with van der Waals surface area (Å²) in [5.74, 6) is -0.659. The maximum atomic E-state index is 12.4. The Bertz CT molecular complexity index is 564. The lowest BCUT2D eigenvalue weighted by atomic mass is 9.76. The summed E-state index contributed by atoms with van der Waals surface area (Å²) in [5.41, 5.74) is 1.71. The zero-order valence-corrected chi connectivity index (χ0v) is 14.3. The molecule has 2 rings (SSSR count). The second-order valence-corrected chi connectivity index (χ2v) is 7.02. The van der Waals surface area contributed by atoms with E-state index in [1.54, 1.807) is 4.90 Å². The molecule has 4 heteroatoms. The van der Waals surface area contributed by atoms with Gasteiger partial charge in [0.1, 0.15) is 0 Å². The van der Waals surface area contributed by atoms with Crippen LogP contribution >= 0.6 is 0 Å². The number of hydrogen-bond donors (Lipinski definition) is 1. The maximum Gasteiger partial charge on any atom is 0.311 e. The fraction of sp³-hybridized carbons (Fsp3) is 0.579. The Hall–Kier alpha value is -1.84. The maximum absolute atomic E-state index is 12.4. The number of carbonyl (C=O) groups excluding carboxylic acids is 1. The molecule has 1 heterocycles. The quantitative estimate of drug-likeness (QED) is 0.876. The molecular formula is C19H27NO3. The van der Waals surface area contributed by atoms with Crippen molar-refractivity contribution in [1.29, 1.82) is 0 Å². The number of carboxylic acids is 1. The van der Waals surface area contributed by atoms with Gasteiger partial charge in [0.2, 0.25) is 5.91 Å². The fourth-order valence-electron chi connectivity index (χ4n) is 3.30. The second kappa shape index (κ2) is 7.16. The Labute approximate surface area is 138 Å². The fourth-order valence-corrected chi connectivity index (χ4v) is 3.30. The highest BCUT2D eigenvalue weighted by Gasteiger charge is 2.48. The van der Waals surface area contributed by atoms with Gasteiger partial charge in [-0.15, -0.1) is 0 Å². The first-order chi connectivity index (χ1) is 10.8. The van der Waals surface area contributed by atoms with Crippen molar-refractivity contribution >= 4 is 11.9 Å². The van der Waals surface area contributed by atoms with E-state index in [1.165, 1.54) is 11.1 Å². The largest absolute Gasteiger partial charge is 0.481 e. The first kappa shape index (κ1) is 17.5. The predicted octanol–water partition coefficient (Wildman–Crippen LogP) is 3.28. The Kier molecular flexibility index (Phi) is 5.45. The average molecular weight is 317 g/mol. The number of nitrogens with zero attached hydrogens (tertiary/aromatic N) is 1. The van der Waals surface area contributed by atoms with E-state index in [1.807, 2.05) is 13.8 Å². The van der Waals surface area contributed by atoms with Crippen molar-refractivity contribution in [3.05, 3.63) is 35.4 Å². The second-order valence-electron chi connectivity index (χ2n) is 7.02. The number of benzene rings is 1. The van der Waals surface area contributed by atoms with Crippen molar-refractivity contribution in [3.63, 3.8) is 0 Å². The highest BCUT2D eigenvalue weighted by Crippen LogP contribution is 2.38. The van der Waals surface area contributed by atoms with Gasteiger partial charge in [-0.2, -0.15) is 0 Å². The third-order valence-corrected chi connectivity index (χ3v) is 5.16. The molecule has 0 saturated carbocycles. The molecule has 1 unspecified atom stereocenters. The van der Waals surface area contributed by atoms with E-state index in [4.69, 9.17) is 0 Å². The summed E-state index contributed by atoms with van der Waals surface area (Å²) < 4.78 is 0. The van der Waals surface area contributed by atoms with Gasteiger partial charge >= 0.3 is 5.97 Å². The molecule has 1 atom stereocenters. The summed E-state index contributed by atoms with van der Waals surface area (Å²) in [4.78, 5) is 25.7. The van der Waals surface area contributed by atoms with Crippen LogP contribution < -0.4 is 0 Å². The first-order valence-electron chi connectivity index (χ1n) is 8.42. The molecular weight excluding hydrogens is 290 g/mol. The zero-order chi connectivity index (χ0) is 17.0. The minimum Gasteiger partial charge on any atom is -0.481 e. The lowest BCUT2D eigenvalue weighted by Gasteiger charge is -2.28. The van der Waals surface area contributed by atoms with Crippen molar-refractivity contribution in [2.75, 3.05) is 13.1 Å². The van der Waals surface area contributed by atoms with Gasteiger partial charge in [0, 0.05) is 19.5 Å². The SMILES string of the molecule is Cc1ccc(CCCC(=O)N2CCC(C(=O)O)(C(C)C)C2)cc1. The van der Waals surface area contributed by atoms with Crippen LogP contribution in [0.3, 0.4) is 0 Å². The van der Waals surface area contributed by atoms with Crippen LogP contribution in [-0.2, 0) is 16.0 Å². The molecule has 1 fully saturated rings. The smallest absolute Gasteiger partial charge is 0.311 e. The Morgan fingerprint density at radius 2 is 1.91 bits per heavy atom. The molecule has 1 aliphatic heterocycles. The number of carboxylic acid groups (broad SMARTS) is 1. The van der Waals surface area contributed by atoms with E-state index in [2.05, 4.69) is 31.2 Å². The van der Waals surface area contributed by atoms with Crippen LogP contribution in [0.15, 0.2) is 24.3 Å². The minimum atomic E-state index is -0.776. The molecule has 4 nitrogen and oxygen atoms in total. The Morgan fingerprint density at radius 1 is 1.26 bits per heavy atom. The van der Waals surface area contributed by atoms with Crippen LogP contribution in [0.25, 0.3) is 0 Å². The van der Waals surface area contributed by atoms with Crippen molar-refractivity contribution in [2.45, 2.75) is 46.5 Å². The number of amides is 1. The Balaban J connectivity index is 1.85. The van der Waals surface area contributed by atoms with Gasteiger partial charge in [0.25, 0.3) is 0 Å². The summed E-state index contributed by atoms with van der Waals surface area (Å²) in [6.45, 7) is 6.83. The number of aliphatic carboxylic acids is 1. The lowest BCUT2D eigenvalue weighted by molar-refractivity contribution is -0.151. The highest BCUT2D eigenvalue weighted by molar-refractivity contribution is 5.80. The zero-order valence-electron chi connectivity index (χ0n) is 14.3. The van der Waals surface area contributed by atoms with Gasteiger partial charge in [0.15, 0.2) is 0 Å². The van der Waals surface area contributed by atoms with Crippen molar-refractivity contribution in [1.82, 2.24) is 4.90 Å². The average Bonchev–Trinajstić information content (AvgIpc) is 2.96. The number of aryl methyl sites for hydroxylation is 2. The predicted molar refractivity (Wildman–Crippen MR) is 90.2 cm³/mol. The summed E-state index contributed by atoms with van der Waals surface area (Å²) in [5, 5.41) is 9.54. The van der Waals surface area contributed by atoms with E-state index < -0.39 is 11.4 Å². The summed E-state index contributed by atoms with van der Waals surface area (Å²) in [6, 6.07) is 8.37.